The largest absolute Gasteiger partial charge is 0.232 e. The van der Waals surface area contributed by atoms with E-state index in [0.29, 0.717) is 21.0 Å². The molecule has 1 aromatic heterocycles. The Balaban J connectivity index is 2.60. The van der Waals surface area contributed by atoms with E-state index in [2.05, 4.69) is 25.9 Å². The highest BCUT2D eigenvalue weighted by Crippen LogP contribution is 2.29. The Labute approximate surface area is 128 Å². The molecule has 2 nitrogen and oxygen atoms in total. The molecule has 6 heteroatoms. The van der Waals surface area contributed by atoms with Gasteiger partial charge >= 0.3 is 0 Å². The highest BCUT2D eigenvalue weighted by Gasteiger charge is 2.11. The monoisotopic (exact) mass is 364 g/mol. The molecule has 1 aromatic carbocycles. The second-order valence-electron chi connectivity index (χ2n) is 3.61. The van der Waals surface area contributed by atoms with E-state index in [9.17, 15) is 0 Å². The van der Waals surface area contributed by atoms with E-state index in [4.69, 9.17) is 34.8 Å². The maximum Gasteiger partial charge on any atom is 0.161 e. The molecular weight excluding hydrogens is 358 g/mol. The Morgan fingerprint density at radius 1 is 1.06 bits per heavy atom. The molecule has 2 aromatic rings. The molecule has 0 unspecified atom stereocenters. The highest BCUT2D eigenvalue weighted by atomic mass is 79.9. The molecule has 0 amide bonds. The summed E-state index contributed by atoms with van der Waals surface area (Å²) >= 11 is 21.4. The first kappa shape index (κ1) is 14.1. The van der Waals surface area contributed by atoms with Gasteiger partial charge in [0.15, 0.2) is 5.82 Å². The number of aryl methyl sites for hydroxylation is 1. The van der Waals surface area contributed by atoms with E-state index < -0.39 is 0 Å². The van der Waals surface area contributed by atoms with Crippen molar-refractivity contribution in [3.05, 3.63) is 43.6 Å². The molecule has 0 spiro atoms. The van der Waals surface area contributed by atoms with Crippen molar-refractivity contribution in [2.75, 3.05) is 0 Å². The van der Waals surface area contributed by atoms with Crippen LogP contribution in [0.5, 0.6) is 0 Å². The quantitative estimate of drug-likeness (QED) is 0.663. The normalized spacial score (nSPS) is 10.7. The molecule has 2 rings (SSSR count). The lowest BCUT2D eigenvalue weighted by Gasteiger charge is -2.07. The van der Waals surface area contributed by atoms with Crippen LogP contribution in [0.4, 0.5) is 0 Å². The summed E-state index contributed by atoms with van der Waals surface area (Å²) in [6, 6.07) is 5.17. The number of benzene rings is 1. The topological polar surface area (TPSA) is 25.8 Å². The second kappa shape index (κ2) is 5.74. The Bertz CT molecular complexity index is 582. The van der Waals surface area contributed by atoms with Gasteiger partial charge < -0.3 is 0 Å². The van der Waals surface area contributed by atoms with E-state index in [-0.39, 0.29) is 0 Å². The van der Waals surface area contributed by atoms with Crippen LogP contribution in [0.1, 0.15) is 12.6 Å². The molecule has 18 heavy (non-hydrogen) atoms. The molecule has 0 saturated heterocycles. The van der Waals surface area contributed by atoms with Gasteiger partial charge in [-0.05, 0) is 40.5 Å². The SMILES string of the molecule is CCc1nc(-c2cc(Cl)cc(Cl)c2)nc(Cl)c1Br. The zero-order chi connectivity index (χ0) is 13.3. The van der Waals surface area contributed by atoms with Gasteiger partial charge in [-0.2, -0.15) is 0 Å². The number of aromatic nitrogens is 2. The summed E-state index contributed by atoms with van der Waals surface area (Å²) < 4.78 is 0.726. The molecule has 0 aliphatic rings. The average molecular weight is 366 g/mol. The van der Waals surface area contributed by atoms with Gasteiger partial charge in [-0.1, -0.05) is 41.7 Å². The van der Waals surface area contributed by atoms with Crippen LogP contribution in [0.25, 0.3) is 11.4 Å². The van der Waals surface area contributed by atoms with Crippen molar-refractivity contribution in [1.82, 2.24) is 9.97 Å². The van der Waals surface area contributed by atoms with Crippen molar-refractivity contribution in [3.8, 4) is 11.4 Å². The summed E-state index contributed by atoms with van der Waals surface area (Å²) in [6.45, 7) is 2.00. The molecule has 0 radical (unpaired) electrons. The fourth-order valence-corrected chi connectivity index (χ4v) is 2.68. The Hall–Kier alpha value is -0.350. The smallest absolute Gasteiger partial charge is 0.161 e. The summed E-state index contributed by atoms with van der Waals surface area (Å²) in [5.41, 5.74) is 1.60. The third-order valence-corrected chi connectivity index (χ3v) is 4.11. The predicted molar refractivity (Wildman–Crippen MR) is 79.6 cm³/mol. The number of halogens is 4. The number of hydrogen-bond acceptors (Lipinski definition) is 2. The first-order chi connectivity index (χ1) is 8.51. The molecule has 0 bridgehead atoms. The summed E-state index contributed by atoms with van der Waals surface area (Å²) in [7, 11) is 0. The molecule has 0 N–H and O–H groups in total. The molecule has 0 saturated carbocycles. The third-order valence-electron chi connectivity index (χ3n) is 2.34. The fourth-order valence-electron chi connectivity index (χ4n) is 1.51. The molecule has 0 fully saturated rings. The third kappa shape index (κ3) is 2.97. The van der Waals surface area contributed by atoms with E-state index in [1.54, 1.807) is 18.2 Å². The first-order valence-electron chi connectivity index (χ1n) is 5.19. The van der Waals surface area contributed by atoms with Crippen molar-refractivity contribution >= 4 is 50.7 Å². The molecule has 1 heterocycles. The maximum atomic E-state index is 6.06. The Kier molecular flexibility index (Phi) is 4.49. The maximum absolute atomic E-state index is 6.06. The highest BCUT2D eigenvalue weighted by molar-refractivity contribution is 9.10. The second-order valence-corrected chi connectivity index (χ2v) is 5.63. The van der Waals surface area contributed by atoms with Gasteiger partial charge in [0, 0.05) is 15.6 Å². The van der Waals surface area contributed by atoms with Crippen molar-refractivity contribution in [2.45, 2.75) is 13.3 Å². The van der Waals surface area contributed by atoms with E-state index in [1.165, 1.54) is 0 Å². The standard InChI is InChI=1S/C12H8BrCl3N2/c1-2-9-10(13)11(16)18-12(17-9)6-3-7(14)5-8(15)4-6/h3-5H,2H2,1H3. The van der Waals surface area contributed by atoms with E-state index >= 15 is 0 Å². The van der Waals surface area contributed by atoms with Crippen LogP contribution in [-0.2, 0) is 6.42 Å². The average Bonchev–Trinajstić information content (AvgIpc) is 2.31. The minimum absolute atomic E-state index is 0.382. The van der Waals surface area contributed by atoms with Crippen LogP contribution < -0.4 is 0 Å². The summed E-state index contributed by atoms with van der Waals surface area (Å²) in [6.07, 6.45) is 0.754. The molecular formula is C12H8BrCl3N2. The van der Waals surface area contributed by atoms with Crippen molar-refractivity contribution in [3.63, 3.8) is 0 Å². The number of nitrogens with zero attached hydrogens (tertiary/aromatic N) is 2. The molecule has 0 atom stereocenters. The summed E-state index contributed by atoms with van der Waals surface area (Å²) in [5.74, 6) is 0.518. The van der Waals surface area contributed by atoms with Crippen molar-refractivity contribution in [2.24, 2.45) is 0 Å². The minimum Gasteiger partial charge on any atom is -0.232 e. The lowest BCUT2D eigenvalue weighted by molar-refractivity contribution is 0.991. The van der Waals surface area contributed by atoms with Crippen LogP contribution in [0, 0.1) is 0 Å². The molecule has 0 aliphatic carbocycles. The van der Waals surface area contributed by atoms with Gasteiger partial charge in [-0.25, -0.2) is 9.97 Å². The van der Waals surface area contributed by atoms with Crippen LogP contribution >= 0.6 is 50.7 Å². The zero-order valence-corrected chi connectivity index (χ0v) is 13.2. The molecule has 0 aliphatic heterocycles. The lowest BCUT2D eigenvalue weighted by atomic mass is 10.2. The van der Waals surface area contributed by atoms with Crippen LogP contribution in [0.15, 0.2) is 22.7 Å². The first-order valence-corrected chi connectivity index (χ1v) is 7.12. The van der Waals surface area contributed by atoms with Crippen molar-refractivity contribution in [1.29, 1.82) is 0 Å². The van der Waals surface area contributed by atoms with Gasteiger partial charge in [0.1, 0.15) is 5.15 Å². The predicted octanol–water partition coefficient (Wildman–Crippen LogP) is 5.43. The fraction of sp³-hybridized carbons (Fsp3) is 0.167. The summed E-state index contributed by atoms with van der Waals surface area (Å²) in [4.78, 5) is 8.67. The Morgan fingerprint density at radius 3 is 2.22 bits per heavy atom. The van der Waals surface area contributed by atoms with E-state index in [1.807, 2.05) is 6.92 Å². The number of rotatable bonds is 2. The summed E-state index contributed by atoms with van der Waals surface area (Å²) in [5, 5.41) is 1.46. The van der Waals surface area contributed by atoms with Gasteiger partial charge in [-0.15, -0.1) is 0 Å². The van der Waals surface area contributed by atoms with E-state index in [0.717, 1.165) is 22.2 Å². The van der Waals surface area contributed by atoms with Crippen LogP contribution in [-0.4, -0.2) is 9.97 Å². The minimum atomic E-state index is 0.382. The van der Waals surface area contributed by atoms with Gasteiger partial charge in [-0.3, -0.25) is 0 Å². The molecule has 94 valence electrons. The van der Waals surface area contributed by atoms with Gasteiger partial charge in [0.05, 0.1) is 10.2 Å². The van der Waals surface area contributed by atoms with Crippen molar-refractivity contribution < 1.29 is 0 Å². The lowest BCUT2D eigenvalue weighted by Crippen LogP contribution is -1.97. The van der Waals surface area contributed by atoms with Crippen LogP contribution in [0.3, 0.4) is 0 Å². The Morgan fingerprint density at radius 2 is 1.67 bits per heavy atom. The van der Waals surface area contributed by atoms with Crippen LogP contribution in [0.2, 0.25) is 15.2 Å². The number of hydrogen-bond donors (Lipinski definition) is 0. The van der Waals surface area contributed by atoms with Gasteiger partial charge in [0.25, 0.3) is 0 Å². The zero-order valence-electron chi connectivity index (χ0n) is 9.35. The van der Waals surface area contributed by atoms with Gasteiger partial charge in [0.2, 0.25) is 0 Å².